The zero-order valence-corrected chi connectivity index (χ0v) is 9.35. The number of hydrogen-bond donors (Lipinski definition) is 0. The van der Waals surface area contributed by atoms with Crippen LogP contribution in [0.1, 0.15) is 0 Å². The van der Waals surface area contributed by atoms with Crippen LogP contribution in [-0.2, 0) is 0 Å². The Labute approximate surface area is 89.4 Å². The van der Waals surface area contributed by atoms with Crippen LogP contribution in [0.5, 0.6) is 5.88 Å². The normalized spacial score (nSPS) is 9.31. The van der Waals surface area contributed by atoms with Gasteiger partial charge in [-0.1, -0.05) is 17.7 Å². The van der Waals surface area contributed by atoms with Crippen LogP contribution in [0.3, 0.4) is 0 Å². The second-order valence-corrected chi connectivity index (χ2v) is 3.63. The molecule has 0 N–H and O–H groups in total. The van der Waals surface area contributed by atoms with Gasteiger partial charge >= 0.3 is 0 Å². The Morgan fingerprint density at radius 1 is 1.77 bits per heavy atom. The molecule has 0 bridgehead atoms. The summed E-state index contributed by atoms with van der Waals surface area (Å²) in [7, 11) is 0. The van der Waals surface area contributed by atoms with E-state index >= 15 is 0 Å². The van der Waals surface area contributed by atoms with Gasteiger partial charge < -0.3 is 4.74 Å². The fourth-order valence-electron chi connectivity index (χ4n) is 0.646. The first-order valence-electron chi connectivity index (χ1n) is 3.40. The number of hydrogen-bond acceptors (Lipinski definition) is 4. The number of halogens is 1. The summed E-state index contributed by atoms with van der Waals surface area (Å²) in [6.07, 6.45) is 8.60. The average molecular weight is 259 g/mol. The van der Waals surface area contributed by atoms with Crippen LogP contribution in [0.15, 0.2) is 15.8 Å². The third-order valence-corrected chi connectivity index (χ3v) is 2.27. The lowest BCUT2D eigenvalue weighted by Gasteiger charge is -2.03. The van der Waals surface area contributed by atoms with Crippen LogP contribution in [0.25, 0.3) is 0 Å². The molecule has 3 nitrogen and oxygen atoms in total. The van der Waals surface area contributed by atoms with Crippen LogP contribution in [0, 0.1) is 12.3 Å². The standard InChI is InChI=1S/C8H7BrN2OS/c1-3-4-12-7-6(9)5-10-8(11-7)13-2/h1,5H,4H2,2H3. The first-order valence-corrected chi connectivity index (χ1v) is 5.42. The molecule has 0 unspecified atom stereocenters. The molecule has 0 aliphatic rings. The fraction of sp³-hybridized carbons (Fsp3) is 0.250. The van der Waals surface area contributed by atoms with E-state index in [2.05, 4.69) is 31.8 Å². The molecule has 1 aromatic heterocycles. The highest BCUT2D eigenvalue weighted by molar-refractivity contribution is 9.10. The van der Waals surface area contributed by atoms with Crippen molar-refractivity contribution < 1.29 is 4.74 Å². The van der Waals surface area contributed by atoms with Gasteiger partial charge in [-0.3, -0.25) is 0 Å². The molecule has 0 radical (unpaired) electrons. The number of terminal acetylenes is 1. The highest BCUT2D eigenvalue weighted by Crippen LogP contribution is 2.23. The Morgan fingerprint density at radius 3 is 3.15 bits per heavy atom. The Hall–Kier alpha value is -0.730. The smallest absolute Gasteiger partial charge is 0.233 e. The van der Waals surface area contributed by atoms with Crippen molar-refractivity contribution in [1.29, 1.82) is 0 Å². The summed E-state index contributed by atoms with van der Waals surface area (Å²) in [5.41, 5.74) is 0. The molecular formula is C8H7BrN2OS. The average Bonchev–Trinajstić information content (AvgIpc) is 2.17. The number of nitrogens with zero attached hydrogens (tertiary/aromatic N) is 2. The second kappa shape index (κ2) is 5.10. The fourth-order valence-corrected chi connectivity index (χ4v) is 1.28. The Balaban J connectivity index is 2.85. The van der Waals surface area contributed by atoms with E-state index in [1.165, 1.54) is 11.8 Å². The highest BCUT2D eigenvalue weighted by Gasteiger charge is 2.04. The van der Waals surface area contributed by atoms with Gasteiger partial charge in [0.1, 0.15) is 0 Å². The molecule has 0 aliphatic carbocycles. The maximum absolute atomic E-state index is 5.18. The third kappa shape index (κ3) is 2.90. The third-order valence-electron chi connectivity index (χ3n) is 1.16. The molecule has 1 rings (SSSR count). The van der Waals surface area contributed by atoms with Gasteiger partial charge in [-0.05, 0) is 22.2 Å². The monoisotopic (exact) mass is 258 g/mol. The van der Waals surface area contributed by atoms with E-state index < -0.39 is 0 Å². The summed E-state index contributed by atoms with van der Waals surface area (Å²) < 4.78 is 5.89. The van der Waals surface area contributed by atoms with E-state index in [4.69, 9.17) is 11.2 Å². The van der Waals surface area contributed by atoms with Crippen molar-refractivity contribution in [2.45, 2.75) is 5.16 Å². The van der Waals surface area contributed by atoms with Gasteiger partial charge in [0.25, 0.3) is 0 Å². The summed E-state index contributed by atoms with van der Waals surface area (Å²) >= 11 is 4.71. The zero-order valence-electron chi connectivity index (χ0n) is 6.95. The van der Waals surface area contributed by atoms with E-state index in [9.17, 15) is 0 Å². The van der Waals surface area contributed by atoms with Crippen molar-refractivity contribution >= 4 is 27.7 Å². The summed E-state index contributed by atoms with van der Waals surface area (Å²) in [5, 5.41) is 0.662. The van der Waals surface area contributed by atoms with Crippen molar-refractivity contribution in [3.05, 3.63) is 10.7 Å². The van der Waals surface area contributed by atoms with E-state index in [0.717, 1.165) is 0 Å². The van der Waals surface area contributed by atoms with E-state index in [1.807, 2.05) is 6.26 Å². The number of thioether (sulfide) groups is 1. The number of aromatic nitrogens is 2. The van der Waals surface area contributed by atoms with Crippen LogP contribution < -0.4 is 4.74 Å². The van der Waals surface area contributed by atoms with E-state index in [0.29, 0.717) is 15.5 Å². The maximum atomic E-state index is 5.18. The lowest BCUT2D eigenvalue weighted by atomic mass is 10.6. The van der Waals surface area contributed by atoms with Crippen molar-refractivity contribution in [1.82, 2.24) is 9.97 Å². The lowest BCUT2D eigenvalue weighted by molar-refractivity contribution is 0.348. The minimum atomic E-state index is 0.212. The van der Waals surface area contributed by atoms with Gasteiger partial charge in [0, 0.05) is 6.20 Å². The molecule has 5 heteroatoms. The van der Waals surface area contributed by atoms with Crippen molar-refractivity contribution in [3.8, 4) is 18.2 Å². The first-order chi connectivity index (χ1) is 6.27. The largest absolute Gasteiger partial charge is 0.464 e. The van der Waals surface area contributed by atoms with Crippen molar-refractivity contribution in [3.63, 3.8) is 0 Å². The Bertz CT molecular complexity index is 337. The van der Waals surface area contributed by atoms with Gasteiger partial charge in [0.15, 0.2) is 11.8 Å². The molecule has 0 amide bonds. The molecule has 0 aliphatic heterocycles. The minimum absolute atomic E-state index is 0.212. The molecule has 0 spiro atoms. The van der Waals surface area contributed by atoms with Crippen LogP contribution in [0.4, 0.5) is 0 Å². The van der Waals surface area contributed by atoms with Crippen LogP contribution in [0.2, 0.25) is 0 Å². The first kappa shape index (κ1) is 10.4. The molecule has 0 aromatic carbocycles. The summed E-state index contributed by atoms with van der Waals surface area (Å²) in [5.74, 6) is 2.85. The molecule has 0 saturated carbocycles. The molecule has 0 atom stereocenters. The highest BCUT2D eigenvalue weighted by atomic mass is 79.9. The molecule has 0 fully saturated rings. The van der Waals surface area contributed by atoms with Gasteiger partial charge in [0.2, 0.25) is 5.88 Å². The molecule has 13 heavy (non-hydrogen) atoms. The quantitative estimate of drug-likeness (QED) is 0.472. The summed E-state index contributed by atoms with van der Waals surface area (Å²) in [4.78, 5) is 8.15. The maximum Gasteiger partial charge on any atom is 0.233 e. The van der Waals surface area contributed by atoms with E-state index in [-0.39, 0.29) is 6.61 Å². The number of rotatable bonds is 3. The lowest BCUT2D eigenvalue weighted by Crippen LogP contribution is -1.98. The molecule has 1 heterocycles. The van der Waals surface area contributed by atoms with Crippen molar-refractivity contribution in [2.24, 2.45) is 0 Å². The molecular weight excluding hydrogens is 252 g/mol. The number of ether oxygens (including phenoxy) is 1. The van der Waals surface area contributed by atoms with Gasteiger partial charge in [-0.25, -0.2) is 4.98 Å². The summed E-state index contributed by atoms with van der Waals surface area (Å²) in [6, 6.07) is 0. The van der Waals surface area contributed by atoms with Crippen molar-refractivity contribution in [2.75, 3.05) is 12.9 Å². The zero-order chi connectivity index (χ0) is 9.68. The molecule has 68 valence electrons. The van der Waals surface area contributed by atoms with Gasteiger partial charge in [-0.2, -0.15) is 4.98 Å². The Morgan fingerprint density at radius 2 is 2.54 bits per heavy atom. The van der Waals surface area contributed by atoms with Crippen LogP contribution in [-0.4, -0.2) is 22.8 Å². The predicted octanol–water partition coefficient (Wildman–Crippen LogP) is 1.97. The SMILES string of the molecule is C#CCOc1nc(SC)ncc1Br. The minimum Gasteiger partial charge on any atom is -0.464 e. The van der Waals surface area contributed by atoms with Gasteiger partial charge in [0.05, 0.1) is 4.47 Å². The van der Waals surface area contributed by atoms with Crippen LogP contribution >= 0.6 is 27.7 Å². The Kier molecular flexibility index (Phi) is 4.06. The van der Waals surface area contributed by atoms with Gasteiger partial charge in [-0.15, -0.1) is 6.42 Å². The molecule has 0 saturated heterocycles. The predicted molar refractivity (Wildman–Crippen MR) is 55.8 cm³/mol. The second-order valence-electron chi connectivity index (χ2n) is 2.00. The van der Waals surface area contributed by atoms with E-state index in [1.54, 1.807) is 6.20 Å². The topological polar surface area (TPSA) is 35.0 Å². The molecule has 1 aromatic rings. The summed E-state index contributed by atoms with van der Waals surface area (Å²) in [6.45, 7) is 0.212.